The zero-order chi connectivity index (χ0) is 9.80. The topological polar surface area (TPSA) is 0 Å². The van der Waals surface area contributed by atoms with E-state index in [1.807, 2.05) is 6.08 Å². The van der Waals surface area contributed by atoms with E-state index in [9.17, 15) is 0 Å². The summed E-state index contributed by atoms with van der Waals surface area (Å²) in [5.74, 6) is 4.23. The molecule has 1 heterocycles. The second kappa shape index (κ2) is 4.70. The zero-order valence-electron chi connectivity index (χ0n) is 8.54. The molecule has 1 aliphatic heterocycles. The van der Waals surface area contributed by atoms with Gasteiger partial charge in [-0.2, -0.15) is 0 Å². The second-order valence-electron chi connectivity index (χ2n) is 3.82. The molecule has 74 valence electrons. The quantitative estimate of drug-likeness (QED) is 0.665. The predicted molar refractivity (Wildman–Crippen MR) is 66.6 cm³/mol. The van der Waals surface area contributed by atoms with Gasteiger partial charge < -0.3 is 0 Å². The van der Waals surface area contributed by atoms with Gasteiger partial charge in [0.1, 0.15) is 17.3 Å². The highest BCUT2D eigenvalue weighted by Gasteiger charge is 2.23. The van der Waals surface area contributed by atoms with Crippen LogP contribution in [-0.2, 0) is 16.6 Å². The Kier molecular flexibility index (Phi) is 3.30. The first-order chi connectivity index (χ1) is 6.88. The molecule has 0 unspecified atom stereocenters. The molecule has 0 spiro atoms. The van der Waals surface area contributed by atoms with Gasteiger partial charge in [-0.15, -0.1) is 0 Å². The van der Waals surface area contributed by atoms with Crippen LogP contribution in [0.1, 0.15) is 24.0 Å². The molecule has 0 radical (unpaired) electrons. The summed E-state index contributed by atoms with van der Waals surface area (Å²) in [6.07, 6.45) is 4.81. The Balaban J connectivity index is 1.98. The van der Waals surface area contributed by atoms with Crippen molar-refractivity contribution in [1.29, 1.82) is 0 Å². The summed E-state index contributed by atoms with van der Waals surface area (Å²) in [6, 6.07) is 8.84. The van der Waals surface area contributed by atoms with Crippen LogP contribution in [0.5, 0.6) is 0 Å². The predicted octanol–water partition coefficient (Wildman–Crippen LogP) is 3.24. The summed E-state index contributed by atoms with van der Waals surface area (Å²) in [7, 11) is 0.687. The highest BCUT2D eigenvalue weighted by molar-refractivity contribution is 7.96. The van der Waals surface area contributed by atoms with Crippen LogP contribution in [0.25, 0.3) is 6.08 Å². The molecule has 0 nitrogen and oxygen atoms in total. The molecule has 2 rings (SSSR count). The molecular weight excluding hydrogens is 188 g/mol. The van der Waals surface area contributed by atoms with Gasteiger partial charge in [-0.3, -0.25) is 0 Å². The molecule has 0 aromatic heterocycles. The van der Waals surface area contributed by atoms with Crippen molar-refractivity contribution in [1.82, 2.24) is 0 Å². The van der Waals surface area contributed by atoms with E-state index in [-0.39, 0.29) is 0 Å². The van der Waals surface area contributed by atoms with Gasteiger partial charge in [-0.1, -0.05) is 36.9 Å². The number of hydrogen-bond donors (Lipinski definition) is 0. The van der Waals surface area contributed by atoms with Crippen LogP contribution in [0, 0.1) is 0 Å². The minimum atomic E-state index is 0.687. The lowest BCUT2D eigenvalue weighted by atomic mass is 10.1. The van der Waals surface area contributed by atoms with E-state index in [2.05, 4.69) is 30.8 Å². The van der Waals surface area contributed by atoms with Gasteiger partial charge in [0.2, 0.25) is 0 Å². The summed E-state index contributed by atoms with van der Waals surface area (Å²) < 4.78 is 0. The summed E-state index contributed by atoms with van der Waals surface area (Å²) in [4.78, 5) is 0. The Labute approximate surface area is 89.4 Å². The van der Waals surface area contributed by atoms with Gasteiger partial charge in [-0.05, 0) is 29.3 Å². The summed E-state index contributed by atoms with van der Waals surface area (Å²) >= 11 is 0. The normalized spacial score (nSPS) is 17.1. The third-order valence-corrected chi connectivity index (χ3v) is 5.18. The molecule has 0 amide bonds. The Morgan fingerprint density at radius 2 is 1.79 bits per heavy atom. The van der Waals surface area contributed by atoms with Crippen molar-refractivity contribution in [3.63, 3.8) is 0 Å². The van der Waals surface area contributed by atoms with Crippen LogP contribution < -0.4 is 0 Å². The lowest BCUT2D eigenvalue weighted by Crippen LogP contribution is -2.06. The van der Waals surface area contributed by atoms with E-state index >= 15 is 0 Å². The molecular formula is C13H17S+. The van der Waals surface area contributed by atoms with Crippen LogP contribution in [0.3, 0.4) is 0 Å². The van der Waals surface area contributed by atoms with E-state index in [0.717, 1.165) is 0 Å². The SMILES string of the molecule is C=Cc1ccc(C[S+]2CCCC2)cc1. The number of hydrogen-bond acceptors (Lipinski definition) is 0. The van der Waals surface area contributed by atoms with Crippen LogP contribution in [0.2, 0.25) is 0 Å². The fourth-order valence-corrected chi connectivity index (χ4v) is 4.23. The van der Waals surface area contributed by atoms with Gasteiger partial charge in [0.25, 0.3) is 0 Å². The summed E-state index contributed by atoms with van der Waals surface area (Å²) in [5, 5.41) is 0. The van der Waals surface area contributed by atoms with E-state index < -0.39 is 0 Å². The zero-order valence-corrected chi connectivity index (χ0v) is 9.35. The molecule has 0 atom stereocenters. The highest BCUT2D eigenvalue weighted by atomic mass is 32.2. The minimum Gasteiger partial charge on any atom is -0.0985 e. The van der Waals surface area contributed by atoms with Gasteiger partial charge in [0, 0.05) is 5.56 Å². The Morgan fingerprint density at radius 3 is 2.36 bits per heavy atom. The Hall–Kier alpha value is -0.690. The van der Waals surface area contributed by atoms with E-state index in [0.29, 0.717) is 10.9 Å². The van der Waals surface area contributed by atoms with Crippen LogP contribution in [-0.4, -0.2) is 11.5 Å². The molecule has 1 saturated heterocycles. The highest BCUT2D eigenvalue weighted by Crippen LogP contribution is 2.18. The molecule has 0 bridgehead atoms. The van der Waals surface area contributed by atoms with Gasteiger partial charge in [0.15, 0.2) is 0 Å². The molecule has 0 saturated carbocycles. The van der Waals surface area contributed by atoms with Crippen LogP contribution >= 0.6 is 0 Å². The van der Waals surface area contributed by atoms with Gasteiger partial charge >= 0.3 is 0 Å². The monoisotopic (exact) mass is 205 g/mol. The summed E-state index contributed by atoms with van der Waals surface area (Å²) in [5.41, 5.74) is 2.73. The van der Waals surface area contributed by atoms with E-state index in [1.54, 1.807) is 0 Å². The summed E-state index contributed by atoms with van der Waals surface area (Å²) in [6.45, 7) is 3.77. The molecule has 1 fully saturated rings. The Bertz CT molecular complexity index is 294. The average Bonchev–Trinajstić information content (AvgIpc) is 2.72. The molecule has 14 heavy (non-hydrogen) atoms. The van der Waals surface area contributed by atoms with Crippen molar-refractivity contribution < 1.29 is 0 Å². The smallest absolute Gasteiger partial charge is 0.0985 e. The van der Waals surface area contributed by atoms with Crippen LogP contribution in [0.4, 0.5) is 0 Å². The molecule has 1 aromatic rings. The lowest BCUT2D eigenvalue weighted by Gasteiger charge is -2.01. The second-order valence-corrected chi connectivity index (χ2v) is 6.15. The molecule has 0 N–H and O–H groups in total. The molecule has 1 aliphatic rings. The standard InChI is InChI=1S/C13H17S/c1-2-12-5-7-13(8-6-12)11-14-9-3-4-10-14/h2,5-8H,1,3-4,9-11H2/q+1. The molecule has 1 aromatic carbocycles. The first-order valence-electron chi connectivity index (χ1n) is 5.24. The largest absolute Gasteiger partial charge is 0.133 e. The van der Waals surface area contributed by atoms with Crippen molar-refractivity contribution in [3.05, 3.63) is 42.0 Å². The average molecular weight is 205 g/mol. The van der Waals surface area contributed by atoms with E-state index in [4.69, 9.17) is 0 Å². The van der Waals surface area contributed by atoms with Crippen molar-refractivity contribution in [3.8, 4) is 0 Å². The van der Waals surface area contributed by atoms with Gasteiger partial charge in [-0.25, -0.2) is 0 Å². The maximum absolute atomic E-state index is 3.77. The first kappa shape index (κ1) is 9.85. The van der Waals surface area contributed by atoms with Crippen molar-refractivity contribution in [2.75, 3.05) is 11.5 Å². The third kappa shape index (κ3) is 2.42. The molecule has 1 heteroatoms. The maximum Gasteiger partial charge on any atom is 0.133 e. The number of rotatable bonds is 3. The van der Waals surface area contributed by atoms with Crippen molar-refractivity contribution in [2.45, 2.75) is 18.6 Å². The first-order valence-corrected chi connectivity index (χ1v) is 6.97. The van der Waals surface area contributed by atoms with Crippen molar-refractivity contribution >= 4 is 17.0 Å². The fraction of sp³-hybridized carbons (Fsp3) is 0.385. The van der Waals surface area contributed by atoms with Crippen LogP contribution in [0.15, 0.2) is 30.8 Å². The number of benzene rings is 1. The Morgan fingerprint density at radius 1 is 1.14 bits per heavy atom. The lowest BCUT2D eigenvalue weighted by molar-refractivity contribution is 0.949. The molecule has 0 aliphatic carbocycles. The fourth-order valence-electron chi connectivity index (χ4n) is 1.84. The third-order valence-electron chi connectivity index (χ3n) is 2.70. The van der Waals surface area contributed by atoms with E-state index in [1.165, 1.54) is 41.2 Å². The maximum atomic E-state index is 3.77. The van der Waals surface area contributed by atoms with Crippen molar-refractivity contribution in [2.24, 2.45) is 0 Å². The van der Waals surface area contributed by atoms with Gasteiger partial charge in [0.05, 0.1) is 0 Å². The minimum absolute atomic E-state index is 0.687.